The van der Waals surface area contributed by atoms with E-state index in [0.29, 0.717) is 27.3 Å². The van der Waals surface area contributed by atoms with Crippen LogP contribution in [-0.2, 0) is 0 Å². The highest BCUT2D eigenvalue weighted by molar-refractivity contribution is 6.30. The summed E-state index contributed by atoms with van der Waals surface area (Å²) >= 11 is 5.79. The molecule has 0 unspecified atom stereocenters. The molecule has 0 spiro atoms. The number of nitrogens with zero attached hydrogens (tertiary/aromatic N) is 1. The molecule has 0 aliphatic rings. The summed E-state index contributed by atoms with van der Waals surface area (Å²) in [7, 11) is 0. The maximum absolute atomic E-state index is 13.5. The van der Waals surface area contributed by atoms with E-state index < -0.39 is 5.82 Å². The Hall–Kier alpha value is -1.85. The van der Waals surface area contributed by atoms with Crippen molar-refractivity contribution in [1.82, 2.24) is 0 Å². The molecule has 0 amide bonds. The number of allylic oxidation sites excluding steroid dienone is 4. The van der Waals surface area contributed by atoms with Gasteiger partial charge in [0.05, 0.1) is 6.07 Å². The third kappa shape index (κ3) is 3.30. The summed E-state index contributed by atoms with van der Waals surface area (Å²) in [6.07, 6.45) is 1.61. The maximum Gasteiger partial charge on any atom is 0.131 e. The largest absolute Gasteiger partial charge is 0.206 e. The van der Waals surface area contributed by atoms with Crippen molar-refractivity contribution in [3.05, 3.63) is 65.0 Å². The molecule has 17 heavy (non-hydrogen) atoms. The van der Waals surface area contributed by atoms with Gasteiger partial charge in [-0.1, -0.05) is 30.8 Å². The second-order valence-corrected chi connectivity index (χ2v) is 4.00. The third-order valence-corrected chi connectivity index (χ3v) is 2.51. The monoisotopic (exact) mass is 247 g/mol. The van der Waals surface area contributed by atoms with Gasteiger partial charge < -0.3 is 0 Å². The molecule has 1 aromatic rings. The third-order valence-electron chi connectivity index (χ3n) is 2.28. The highest BCUT2D eigenvalue weighted by atomic mass is 35.5. The van der Waals surface area contributed by atoms with Crippen LogP contribution in [0.2, 0.25) is 5.02 Å². The smallest absolute Gasteiger partial charge is 0.131 e. The van der Waals surface area contributed by atoms with E-state index in [1.807, 2.05) is 6.07 Å². The lowest BCUT2D eigenvalue weighted by atomic mass is 10.0. The Labute approximate surface area is 105 Å². The summed E-state index contributed by atoms with van der Waals surface area (Å²) in [5.41, 5.74) is 1.76. The number of hydrogen-bond acceptors (Lipinski definition) is 1. The average molecular weight is 248 g/mol. The predicted octanol–water partition coefficient (Wildman–Crippen LogP) is 4.52. The minimum atomic E-state index is -0.397. The van der Waals surface area contributed by atoms with E-state index in [1.165, 1.54) is 18.2 Å². The molecule has 0 fully saturated rings. The lowest BCUT2D eigenvalue weighted by Gasteiger charge is -2.05. The van der Waals surface area contributed by atoms with Crippen LogP contribution in [0.1, 0.15) is 12.5 Å². The van der Waals surface area contributed by atoms with Crippen LogP contribution in [0.5, 0.6) is 0 Å². The summed E-state index contributed by atoms with van der Waals surface area (Å²) in [5, 5.41) is 9.11. The fraction of sp³-hybridized carbons (Fsp3) is 0.0714. The first-order chi connectivity index (χ1) is 7.95. The second kappa shape index (κ2) is 5.47. The molecule has 0 aliphatic carbocycles. The van der Waals surface area contributed by atoms with Crippen molar-refractivity contribution in [3.63, 3.8) is 0 Å². The van der Waals surface area contributed by atoms with Crippen LogP contribution < -0.4 is 0 Å². The van der Waals surface area contributed by atoms with Gasteiger partial charge in [0, 0.05) is 16.2 Å². The average Bonchev–Trinajstić information content (AvgIpc) is 2.30. The van der Waals surface area contributed by atoms with Gasteiger partial charge in [0.15, 0.2) is 0 Å². The highest BCUT2D eigenvalue weighted by Gasteiger charge is 2.06. The Bertz CT molecular complexity index is 550. The molecule has 0 N–H and O–H groups in total. The zero-order valence-corrected chi connectivity index (χ0v) is 10.2. The molecule has 1 rings (SSSR count). The van der Waals surface area contributed by atoms with Crippen molar-refractivity contribution >= 4 is 17.2 Å². The molecule has 0 aromatic heterocycles. The molecule has 3 heteroatoms. The number of hydrogen-bond donors (Lipinski definition) is 0. The predicted molar refractivity (Wildman–Crippen MR) is 69.0 cm³/mol. The van der Waals surface area contributed by atoms with Gasteiger partial charge in [-0.15, -0.1) is 0 Å². The van der Waals surface area contributed by atoms with Crippen molar-refractivity contribution in [2.24, 2.45) is 0 Å². The van der Waals surface area contributed by atoms with Gasteiger partial charge in [-0.05, 0) is 36.3 Å². The Balaban J connectivity index is 3.11. The van der Waals surface area contributed by atoms with Crippen molar-refractivity contribution in [2.45, 2.75) is 6.92 Å². The van der Waals surface area contributed by atoms with Crippen molar-refractivity contribution in [3.8, 4) is 6.07 Å². The first-order valence-electron chi connectivity index (χ1n) is 4.87. The molecule has 0 bridgehead atoms. The fourth-order valence-corrected chi connectivity index (χ4v) is 1.43. The van der Waals surface area contributed by atoms with E-state index in [-0.39, 0.29) is 0 Å². The fourth-order valence-electron chi connectivity index (χ4n) is 1.26. The van der Waals surface area contributed by atoms with Crippen LogP contribution in [-0.4, -0.2) is 0 Å². The number of benzene rings is 1. The van der Waals surface area contributed by atoms with Crippen molar-refractivity contribution in [2.75, 3.05) is 0 Å². The Morgan fingerprint density at radius 1 is 1.47 bits per heavy atom. The molecule has 1 aromatic carbocycles. The van der Waals surface area contributed by atoms with Crippen LogP contribution in [0.15, 0.2) is 48.6 Å². The van der Waals surface area contributed by atoms with Gasteiger partial charge in [0.25, 0.3) is 0 Å². The molecule has 86 valence electrons. The van der Waals surface area contributed by atoms with E-state index >= 15 is 0 Å². The second-order valence-electron chi connectivity index (χ2n) is 3.57. The van der Waals surface area contributed by atoms with Crippen LogP contribution in [0.25, 0.3) is 5.57 Å². The minimum Gasteiger partial charge on any atom is -0.206 e. The van der Waals surface area contributed by atoms with E-state index in [2.05, 4.69) is 13.2 Å². The molecule has 0 atom stereocenters. The van der Waals surface area contributed by atoms with Crippen LogP contribution in [0, 0.1) is 17.1 Å². The SMILES string of the molecule is C=C(C#N)/C(C)=C/C(=C)c1cc(Cl)ccc1F. The molecule has 0 aliphatic heterocycles. The van der Waals surface area contributed by atoms with E-state index in [9.17, 15) is 4.39 Å². The quantitative estimate of drug-likeness (QED) is 0.569. The number of nitriles is 1. The summed E-state index contributed by atoms with van der Waals surface area (Å²) in [6.45, 7) is 9.05. The van der Waals surface area contributed by atoms with E-state index in [4.69, 9.17) is 16.9 Å². The Kier molecular flexibility index (Phi) is 4.25. The lowest BCUT2D eigenvalue weighted by Crippen LogP contribution is -1.88. The molecule has 0 radical (unpaired) electrons. The maximum atomic E-state index is 13.5. The summed E-state index contributed by atoms with van der Waals surface area (Å²) in [5.74, 6) is -0.397. The van der Waals surface area contributed by atoms with Crippen LogP contribution >= 0.6 is 11.6 Å². The van der Waals surface area contributed by atoms with E-state index in [1.54, 1.807) is 13.0 Å². The minimum absolute atomic E-state index is 0.322. The topological polar surface area (TPSA) is 23.8 Å². The first-order valence-corrected chi connectivity index (χ1v) is 5.25. The molecule has 0 saturated heterocycles. The van der Waals surface area contributed by atoms with Gasteiger partial charge in [0.1, 0.15) is 5.82 Å². The standard InChI is InChI=1S/C14H11ClFN/c1-9(11(3)8-17)6-10(2)13-7-12(15)4-5-14(13)16/h4-7H,2-3H2,1H3/b9-6+. The van der Waals surface area contributed by atoms with Crippen molar-refractivity contribution < 1.29 is 4.39 Å². The lowest BCUT2D eigenvalue weighted by molar-refractivity contribution is 0.624. The van der Waals surface area contributed by atoms with E-state index in [0.717, 1.165) is 0 Å². The van der Waals surface area contributed by atoms with Gasteiger partial charge in [-0.2, -0.15) is 5.26 Å². The van der Waals surface area contributed by atoms with Crippen LogP contribution in [0.3, 0.4) is 0 Å². The van der Waals surface area contributed by atoms with Gasteiger partial charge in [0.2, 0.25) is 0 Å². The molecule has 0 saturated carbocycles. The molecular formula is C14H11ClFN. The first kappa shape index (κ1) is 13.2. The highest BCUT2D eigenvalue weighted by Crippen LogP contribution is 2.23. The Morgan fingerprint density at radius 3 is 2.71 bits per heavy atom. The molecule has 1 nitrogen and oxygen atoms in total. The van der Waals surface area contributed by atoms with Crippen LogP contribution in [0.4, 0.5) is 4.39 Å². The number of halogens is 2. The zero-order valence-electron chi connectivity index (χ0n) is 9.43. The molecule has 0 heterocycles. The summed E-state index contributed by atoms with van der Waals surface area (Å²) in [4.78, 5) is 0. The van der Waals surface area contributed by atoms with Crippen molar-refractivity contribution in [1.29, 1.82) is 5.26 Å². The Morgan fingerprint density at radius 2 is 2.12 bits per heavy atom. The van der Waals surface area contributed by atoms with Gasteiger partial charge in [-0.3, -0.25) is 0 Å². The summed E-state index contributed by atoms with van der Waals surface area (Å²) < 4.78 is 13.5. The van der Waals surface area contributed by atoms with Gasteiger partial charge >= 0.3 is 0 Å². The van der Waals surface area contributed by atoms with Gasteiger partial charge in [-0.25, -0.2) is 4.39 Å². The summed E-state index contributed by atoms with van der Waals surface area (Å²) in [6, 6.07) is 6.18. The zero-order chi connectivity index (χ0) is 13.0. The number of rotatable bonds is 3. The molecular weight excluding hydrogens is 237 g/mol. The normalized spacial score (nSPS) is 10.8.